The van der Waals surface area contributed by atoms with Crippen LogP contribution in [0.15, 0.2) is 23.0 Å². The minimum Gasteiger partial charge on any atom is -0.334 e. The number of pyridine rings is 1. The fraction of sp³-hybridized carbons (Fsp3) is 0.375. The van der Waals surface area contributed by atoms with Gasteiger partial charge in [-0.1, -0.05) is 0 Å². The van der Waals surface area contributed by atoms with Crippen molar-refractivity contribution in [3.63, 3.8) is 0 Å². The van der Waals surface area contributed by atoms with Gasteiger partial charge in [-0.05, 0) is 51.5 Å². The highest BCUT2D eigenvalue weighted by Crippen LogP contribution is 2.22. The van der Waals surface area contributed by atoms with Gasteiger partial charge in [-0.2, -0.15) is 0 Å². The van der Waals surface area contributed by atoms with E-state index in [0.29, 0.717) is 5.56 Å². The Morgan fingerprint density at radius 2 is 2.05 bits per heavy atom. The Morgan fingerprint density at radius 3 is 2.64 bits per heavy atom. The zero-order valence-electron chi connectivity index (χ0n) is 13.2. The third kappa shape index (κ3) is 3.98. The van der Waals surface area contributed by atoms with Crippen molar-refractivity contribution in [1.82, 2.24) is 15.6 Å². The molecule has 1 unspecified atom stereocenters. The number of amides is 2. The molecule has 1 atom stereocenters. The van der Waals surface area contributed by atoms with Crippen molar-refractivity contribution in [2.75, 3.05) is 0 Å². The molecule has 3 N–H and O–H groups in total. The molecule has 2 aromatic rings. The van der Waals surface area contributed by atoms with Crippen LogP contribution in [-0.2, 0) is 6.54 Å². The monoisotopic (exact) mass is 319 g/mol. The van der Waals surface area contributed by atoms with Gasteiger partial charge >= 0.3 is 6.03 Å². The first kappa shape index (κ1) is 16.3. The first-order valence-corrected chi connectivity index (χ1v) is 7.98. The first-order valence-electron chi connectivity index (χ1n) is 7.17. The Balaban J connectivity index is 1.95. The molecule has 118 valence electrons. The molecule has 22 heavy (non-hydrogen) atoms. The number of carbonyl (C=O) groups excluding carboxylic acids is 1. The van der Waals surface area contributed by atoms with Crippen LogP contribution in [0.2, 0.25) is 0 Å². The van der Waals surface area contributed by atoms with Crippen LogP contribution in [0.4, 0.5) is 4.79 Å². The van der Waals surface area contributed by atoms with Gasteiger partial charge in [0, 0.05) is 21.0 Å². The van der Waals surface area contributed by atoms with Crippen LogP contribution in [0.25, 0.3) is 0 Å². The summed E-state index contributed by atoms with van der Waals surface area (Å²) < 4.78 is 0. The third-order valence-electron chi connectivity index (χ3n) is 3.46. The number of H-pyrrole nitrogens is 1. The fourth-order valence-electron chi connectivity index (χ4n) is 2.27. The van der Waals surface area contributed by atoms with Crippen molar-refractivity contribution in [3.8, 4) is 0 Å². The largest absolute Gasteiger partial charge is 0.334 e. The maximum absolute atomic E-state index is 12.0. The van der Waals surface area contributed by atoms with E-state index < -0.39 is 0 Å². The van der Waals surface area contributed by atoms with Gasteiger partial charge < -0.3 is 15.6 Å². The number of hydrogen-bond acceptors (Lipinski definition) is 3. The maximum Gasteiger partial charge on any atom is 0.315 e. The molecular weight excluding hydrogens is 298 g/mol. The van der Waals surface area contributed by atoms with Crippen LogP contribution in [0, 0.1) is 20.8 Å². The molecule has 0 fully saturated rings. The molecule has 2 heterocycles. The van der Waals surface area contributed by atoms with Crippen LogP contribution in [0.5, 0.6) is 0 Å². The summed E-state index contributed by atoms with van der Waals surface area (Å²) in [6, 6.07) is 5.60. The highest BCUT2D eigenvalue weighted by Gasteiger charge is 2.12. The smallest absolute Gasteiger partial charge is 0.315 e. The lowest BCUT2D eigenvalue weighted by atomic mass is 10.1. The zero-order valence-corrected chi connectivity index (χ0v) is 14.1. The predicted octanol–water partition coefficient (Wildman–Crippen LogP) is 2.92. The van der Waals surface area contributed by atoms with Crippen molar-refractivity contribution in [3.05, 3.63) is 55.1 Å². The van der Waals surface area contributed by atoms with E-state index >= 15 is 0 Å². The molecule has 0 saturated heterocycles. The summed E-state index contributed by atoms with van der Waals surface area (Å²) in [6.45, 7) is 7.89. The van der Waals surface area contributed by atoms with E-state index in [1.165, 1.54) is 4.88 Å². The van der Waals surface area contributed by atoms with E-state index in [1.54, 1.807) is 11.3 Å². The normalized spacial score (nSPS) is 12.0. The van der Waals surface area contributed by atoms with Gasteiger partial charge in [0.25, 0.3) is 5.56 Å². The molecule has 0 saturated carbocycles. The Morgan fingerprint density at radius 1 is 1.32 bits per heavy atom. The van der Waals surface area contributed by atoms with E-state index in [2.05, 4.69) is 15.6 Å². The molecule has 2 rings (SSSR count). The second kappa shape index (κ2) is 6.79. The highest BCUT2D eigenvalue weighted by molar-refractivity contribution is 7.12. The minimum atomic E-state index is -0.280. The molecule has 2 aromatic heterocycles. The van der Waals surface area contributed by atoms with E-state index in [0.717, 1.165) is 16.1 Å². The number of carbonyl (C=O) groups is 1. The molecule has 0 aliphatic rings. The Labute approximate surface area is 133 Å². The number of rotatable bonds is 4. The minimum absolute atomic E-state index is 0.0592. The van der Waals surface area contributed by atoms with Crippen LogP contribution in [0.1, 0.15) is 39.5 Å². The lowest BCUT2D eigenvalue weighted by Crippen LogP contribution is -2.37. The molecule has 0 radical (unpaired) electrons. The summed E-state index contributed by atoms with van der Waals surface area (Å²) >= 11 is 1.66. The summed E-state index contributed by atoms with van der Waals surface area (Å²) in [7, 11) is 0. The molecule has 6 heteroatoms. The third-order valence-corrected chi connectivity index (χ3v) is 4.64. The van der Waals surface area contributed by atoms with Crippen LogP contribution in [-0.4, -0.2) is 11.0 Å². The summed E-state index contributed by atoms with van der Waals surface area (Å²) in [5.74, 6) is 0. The second-order valence-corrected chi connectivity index (χ2v) is 6.76. The van der Waals surface area contributed by atoms with Gasteiger partial charge in [0.2, 0.25) is 0 Å². The van der Waals surface area contributed by atoms with Crippen LogP contribution < -0.4 is 16.2 Å². The van der Waals surface area contributed by atoms with Gasteiger partial charge in [0.15, 0.2) is 0 Å². The van der Waals surface area contributed by atoms with E-state index in [-0.39, 0.29) is 24.2 Å². The number of urea groups is 1. The van der Waals surface area contributed by atoms with Crippen LogP contribution in [0.3, 0.4) is 0 Å². The maximum atomic E-state index is 12.0. The first-order chi connectivity index (χ1) is 10.4. The summed E-state index contributed by atoms with van der Waals surface area (Å²) in [6.07, 6.45) is 0. The van der Waals surface area contributed by atoms with Crippen molar-refractivity contribution >= 4 is 17.4 Å². The topological polar surface area (TPSA) is 74.0 Å². The van der Waals surface area contributed by atoms with Gasteiger partial charge in [0.1, 0.15) is 0 Å². The molecule has 5 nitrogen and oxygen atoms in total. The molecule has 0 spiro atoms. The molecule has 0 aromatic carbocycles. The van der Waals surface area contributed by atoms with Crippen molar-refractivity contribution in [1.29, 1.82) is 0 Å². The molecule has 0 aliphatic heterocycles. The number of aromatic nitrogens is 1. The van der Waals surface area contributed by atoms with Crippen molar-refractivity contribution < 1.29 is 4.79 Å². The van der Waals surface area contributed by atoms with Gasteiger partial charge in [-0.25, -0.2) is 4.79 Å². The lowest BCUT2D eigenvalue weighted by molar-refractivity contribution is 0.237. The molecule has 2 amide bonds. The van der Waals surface area contributed by atoms with Crippen molar-refractivity contribution in [2.45, 2.75) is 40.3 Å². The van der Waals surface area contributed by atoms with E-state index in [4.69, 9.17) is 0 Å². The van der Waals surface area contributed by atoms with Gasteiger partial charge in [-0.15, -0.1) is 11.3 Å². The van der Waals surface area contributed by atoms with Crippen molar-refractivity contribution in [2.24, 2.45) is 0 Å². The quantitative estimate of drug-likeness (QED) is 0.810. The predicted molar refractivity (Wildman–Crippen MR) is 89.4 cm³/mol. The number of thiophene rings is 1. The van der Waals surface area contributed by atoms with Gasteiger partial charge in [0.05, 0.1) is 12.6 Å². The van der Waals surface area contributed by atoms with Crippen LogP contribution >= 0.6 is 11.3 Å². The molecule has 0 bridgehead atoms. The Kier molecular flexibility index (Phi) is 5.03. The second-order valence-electron chi connectivity index (χ2n) is 5.44. The van der Waals surface area contributed by atoms with E-state index in [1.807, 2.05) is 45.9 Å². The summed E-state index contributed by atoms with van der Waals surface area (Å²) in [5.41, 5.74) is 2.13. The summed E-state index contributed by atoms with van der Waals surface area (Å²) in [5, 5.41) is 5.62. The number of hydrogen-bond donors (Lipinski definition) is 3. The molecule has 0 aliphatic carbocycles. The van der Waals surface area contributed by atoms with E-state index in [9.17, 15) is 9.59 Å². The Bertz CT molecular complexity index is 733. The molecular formula is C16H21N3O2S. The highest BCUT2D eigenvalue weighted by atomic mass is 32.1. The fourth-order valence-corrected chi connectivity index (χ4v) is 3.15. The van der Waals surface area contributed by atoms with Gasteiger partial charge in [-0.3, -0.25) is 4.79 Å². The SMILES string of the molecule is Cc1cc(C)c(CNC(=O)NC(C)c2ccc(C)s2)c(=O)[nH]1. The number of aryl methyl sites for hydroxylation is 3. The standard InChI is InChI=1S/C16H21N3O2S/c1-9-7-10(2)18-15(20)13(9)8-17-16(21)19-12(4)14-6-5-11(3)22-14/h5-7,12H,8H2,1-4H3,(H,18,20)(H2,17,19,21). The number of aromatic amines is 1. The Hall–Kier alpha value is -2.08. The average Bonchev–Trinajstić information content (AvgIpc) is 2.84. The zero-order chi connectivity index (χ0) is 16.3. The summed E-state index contributed by atoms with van der Waals surface area (Å²) in [4.78, 5) is 28.9. The number of nitrogens with one attached hydrogen (secondary N) is 3. The lowest BCUT2D eigenvalue weighted by Gasteiger charge is -2.14. The average molecular weight is 319 g/mol.